The number of benzene rings is 1. The van der Waals surface area contributed by atoms with Crippen molar-refractivity contribution in [1.82, 2.24) is 19.2 Å². The largest absolute Gasteiger partial charge is 0.341 e. The molecule has 9 heteroatoms. The van der Waals surface area contributed by atoms with Gasteiger partial charge in [0.05, 0.1) is 23.7 Å². The molecule has 2 heterocycles. The van der Waals surface area contributed by atoms with Gasteiger partial charge < -0.3 is 14.9 Å². The lowest BCUT2D eigenvalue weighted by molar-refractivity contribution is -0.130. The fourth-order valence-corrected chi connectivity index (χ4v) is 3.82. The van der Waals surface area contributed by atoms with Crippen molar-refractivity contribution >= 4 is 27.0 Å². The van der Waals surface area contributed by atoms with Crippen molar-refractivity contribution < 1.29 is 13.2 Å². The van der Waals surface area contributed by atoms with E-state index in [9.17, 15) is 18.0 Å². The van der Waals surface area contributed by atoms with Crippen molar-refractivity contribution in [2.75, 3.05) is 32.4 Å². The van der Waals surface area contributed by atoms with Crippen molar-refractivity contribution in [3.63, 3.8) is 0 Å². The minimum atomic E-state index is -3.22. The van der Waals surface area contributed by atoms with Crippen LogP contribution in [0.25, 0.3) is 11.0 Å². The lowest BCUT2D eigenvalue weighted by Crippen LogP contribution is -2.37. The number of nitrogens with one attached hydrogen (secondary N) is 2. The molecule has 0 saturated carbocycles. The molecule has 0 bridgehead atoms. The van der Waals surface area contributed by atoms with Crippen LogP contribution in [0.4, 0.5) is 0 Å². The molecule has 1 aromatic heterocycles. The highest BCUT2D eigenvalue weighted by molar-refractivity contribution is 7.88. The summed E-state index contributed by atoms with van der Waals surface area (Å²) in [4.78, 5) is 30.8. The summed E-state index contributed by atoms with van der Waals surface area (Å²) >= 11 is 0. The van der Waals surface area contributed by atoms with Gasteiger partial charge in [0.25, 0.3) is 0 Å². The normalized spacial score (nSPS) is 17.1. The fourth-order valence-electron chi connectivity index (χ4n) is 2.95. The number of rotatable bonds is 3. The highest BCUT2D eigenvalue weighted by Gasteiger charge is 2.23. The first-order valence-electron chi connectivity index (χ1n) is 7.77. The van der Waals surface area contributed by atoms with E-state index in [1.165, 1.54) is 10.6 Å². The lowest BCUT2D eigenvalue weighted by atomic mass is 10.1. The third-order valence-corrected chi connectivity index (χ3v) is 5.52. The van der Waals surface area contributed by atoms with Crippen LogP contribution in [0.2, 0.25) is 0 Å². The lowest BCUT2D eigenvalue weighted by Gasteiger charge is -2.21. The van der Waals surface area contributed by atoms with Crippen molar-refractivity contribution in [2.45, 2.75) is 12.8 Å². The number of hydrogen-bond donors (Lipinski definition) is 2. The van der Waals surface area contributed by atoms with Crippen LogP contribution in [0, 0.1) is 0 Å². The summed E-state index contributed by atoms with van der Waals surface area (Å²) in [6.45, 7) is 1.72. The Morgan fingerprint density at radius 2 is 1.88 bits per heavy atom. The van der Waals surface area contributed by atoms with Gasteiger partial charge in [-0.15, -0.1) is 0 Å². The molecular weight excluding hydrogens is 332 g/mol. The zero-order chi connectivity index (χ0) is 17.3. The third-order valence-electron chi connectivity index (χ3n) is 4.21. The number of carbonyl (C=O) groups is 1. The van der Waals surface area contributed by atoms with E-state index in [2.05, 4.69) is 9.97 Å². The molecule has 1 fully saturated rings. The van der Waals surface area contributed by atoms with Crippen LogP contribution in [0.1, 0.15) is 12.0 Å². The van der Waals surface area contributed by atoms with Crippen LogP contribution < -0.4 is 5.69 Å². The molecule has 3 rings (SSSR count). The molecular formula is C15H20N4O4S. The van der Waals surface area contributed by atoms with Crippen LogP contribution in [0.3, 0.4) is 0 Å². The zero-order valence-electron chi connectivity index (χ0n) is 13.4. The molecule has 2 aromatic rings. The maximum absolute atomic E-state index is 12.5. The Kier molecular flexibility index (Phi) is 4.46. The maximum Gasteiger partial charge on any atom is 0.323 e. The average Bonchev–Trinajstić information content (AvgIpc) is 2.71. The van der Waals surface area contributed by atoms with E-state index < -0.39 is 10.0 Å². The van der Waals surface area contributed by atoms with E-state index in [0.29, 0.717) is 43.6 Å². The molecule has 1 aromatic carbocycles. The number of imidazole rings is 1. The van der Waals surface area contributed by atoms with E-state index in [4.69, 9.17) is 0 Å². The maximum atomic E-state index is 12.5. The van der Waals surface area contributed by atoms with Gasteiger partial charge in [0.1, 0.15) is 0 Å². The smallest absolute Gasteiger partial charge is 0.323 e. The first-order chi connectivity index (χ1) is 11.3. The summed E-state index contributed by atoms with van der Waals surface area (Å²) in [5.41, 5.74) is 1.91. The van der Waals surface area contributed by atoms with E-state index in [1.54, 1.807) is 17.0 Å². The number of nitrogens with zero attached hydrogens (tertiary/aromatic N) is 2. The molecule has 2 N–H and O–H groups in total. The van der Waals surface area contributed by atoms with E-state index in [1.807, 2.05) is 6.07 Å². The molecule has 0 unspecified atom stereocenters. The minimum Gasteiger partial charge on any atom is -0.341 e. The molecule has 0 aliphatic carbocycles. The first-order valence-corrected chi connectivity index (χ1v) is 9.61. The van der Waals surface area contributed by atoms with Gasteiger partial charge >= 0.3 is 5.69 Å². The predicted octanol–water partition coefficient (Wildman–Crippen LogP) is -0.107. The van der Waals surface area contributed by atoms with E-state index in [-0.39, 0.29) is 18.0 Å². The highest BCUT2D eigenvalue weighted by atomic mass is 32.2. The quantitative estimate of drug-likeness (QED) is 0.804. The van der Waals surface area contributed by atoms with Gasteiger partial charge in [0.2, 0.25) is 15.9 Å². The Morgan fingerprint density at radius 1 is 1.12 bits per heavy atom. The molecule has 0 spiro atoms. The van der Waals surface area contributed by atoms with Crippen molar-refractivity contribution in [3.05, 3.63) is 34.2 Å². The number of sulfonamides is 1. The number of aromatic nitrogens is 2. The van der Waals surface area contributed by atoms with Gasteiger partial charge in [-0.1, -0.05) is 6.07 Å². The molecule has 1 aliphatic heterocycles. The molecule has 8 nitrogen and oxygen atoms in total. The van der Waals surface area contributed by atoms with Crippen LogP contribution >= 0.6 is 0 Å². The second-order valence-electron chi connectivity index (χ2n) is 6.03. The number of fused-ring (bicyclic) bond motifs is 1. The van der Waals surface area contributed by atoms with Crippen molar-refractivity contribution in [2.24, 2.45) is 0 Å². The molecule has 24 heavy (non-hydrogen) atoms. The van der Waals surface area contributed by atoms with Crippen molar-refractivity contribution in [1.29, 1.82) is 0 Å². The van der Waals surface area contributed by atoms with Gasteiger partial charge in [-0.2, -0.15) is 0 Å². The topological polar surface area (TPSA) is 106 Å². The number of hydrogen-bond acceptors (Lipinski definition) is 4. The summed E-state index contributed by atoms with van der Waals surface area (Å²) in [5.74, 6) is -0.0393. The predicted molar refractivity (Wildman–Crippen MR) is 90.2 cm³/mol. The molecule has 1 aliphatic rings. The fraction of sp³-hybridized carbons (Fsp3) is 0.467. The summed E-state index contributed by atoms with van der Waals surface area (Å²) < 4.78 is 24.7. The standard InChI is InChI=1S/C15H20N4O4S/c1-24(22,23)19-6-2-5-18(7-8-19)14(20)10-11-3-4-12-13(9-11)17-15(21)16-12/h3-4,9H,2,5-8,10H2,1H3,(H2,16,17,21). The van der Waals surface area contributed by atoms with Gasteiger partial charge in [0, 0.05) is 26.2 Å². The Hall–Kier alpha value is -2.13. The van der Waals surface area contributed by atoms with Gasteiger partial charge in [0.15, 0.2) is 0 Å². The number of carbonyl (C=O) groups excluding carboxylic acids is 1. The number of amides is 1. The molecule has 130 valence electrons. The summed E-state index contributed by atoms with van der Waals surface area (Å²) in [5, 5.41) is 0. The Balaban J connectivity index is 1.68. The number of H-pyrrole nitrogens is 2. The SMILES string of the molecule is CS(=O)(=O)N1CCCN(C(=O)Cc2ccc3[nH]c(=O)[nH]c3c2)CC1. The van der Waals surface area contributed by atoms with Crippen LogP contribution in [-0.2, 0) is 21.2 Å². The van der Waals surface area contributed by atoms with Crippen LogP contribution in [-0.4, -0.2) is 65.9 Å². The summed E-state index contributed by atoms with van der Waals surface area (Å²) in [6.07, 6.45) is 2.04. The molecule has 0 radical (unpaired) electrons. The van der Waals surface area contributed by atoms with Crippen molar-refractivity contribution in [3.8, 4) is 0 Å². The Morgan fingerprint density at radius 3 is 2.62 bits per heavy atom. The van der Waals surface area contributed by atoms with Crippen LogP contribution in [0.15, 0.2) is 23.0 Å². The Labute approximate surface area is 139 Å². The average molecular weight is 352 g/mol. The second-order valence-corrected chi connectivity index (χ2v) is 8.01. The second kappa shape index (κ2) is 6.40. The van der Waals surface area contributed by atoms with Gasteiger partial charge in [-0.05, 0) is 24.1 Å². The van der Waals surface area contributed by atoms with Gasteiger partial charge in [-0.25, -0.2) is 17.5 Å². The summed E-state index contributed by atoms with van der Waals surface area (Å²) in [7, 11) is -3.22. The monoisotopic (exact) mass is 352 g/mol. The third kappa shape index (κ3) is 3.68. The van der Waals surface area contributed by atoms with Crippen LogP contribution in [0.5, 0.6) is 0 Å². The molecule has 0 atom stereocenters. The highest BCUT2D eigenvalue weighted by Crippen LogP contribution is 2.13. The molecule has 1 saturated heterocycles. The molecule has 1 amide bonds. The first kappa shape index (κ1) is 16.7. The number of aromatic amines is 2. The van der Waals surface area contributed by atoms with E-state index in [0.717, 1.165) is 5.56 Å². The minimum absolute atomic E-state index is 0.0393. The van der Waals surface area contributed by atoms with Gasteiger partial charge in [-0.3, -0.25) is 4.79 Å². The van der Waals surface area contributed by atoms with E-state index >= 15 is 0 Å². The zero-order valence-corrected chi connectivity index (χ0v) is 14.2. The summed E-state index contributed by atoms with van der Waals surface area (Å²) in [6, 6.07) is 5.36. The Bertz CT molecular complexity index is 915.